The molecule has 0 spiro atoms. The van der Waals surface area contributed by atoms with Gasteiger partial charge in [-0.15, -0.1) is 25.7 Å². The van der Waals surface area contributed by atoms with Crippen molar-refractivity contribution >= 4 is 0 Å². The molecule has 0 amide bonds. The van der Waals surface area contributed by atoms with Crippen molar-refractivity contribution in [3.8, 4) is 31.4 Å². The molecule has 28 heavy (non-hydrogen) atoms. The van der Waals surface area contributed by atoms with Gasteiger partial charge in [-0.25, -0.2) is 0 Å². The maximum absolute atomic E-state index is 9.71. The second-order valence-electron chi connectivity index (χ2n) is 5.47. The van der Waals surface area contributed by atoms with Crippen LogP contribution in [0.4, 0.5) is 0 Å². The molecular weight excluding hydrogens is 346 g/mol. The summed E-state index contributed by atoms with van der Waals surface area (Å²) in [6, 6.07) is 25.1. The molecular formula is C25H27NO2. The summed E-state index contributed by atoms with van der Waals surface area (Å²) in [7, 11) is 0. The molecule has 3 nitrogen and oxygen atoms in total. The molecule has 0 bridgehead atoms. The van der Waals surface area contributed by atoms with Gasteiger partial charge in [-0.3, -0.25) is 0 Å². The second-order valence-corrected chi connectivity index (χ2v) is 5.47. The standard InChI is InChI=1S/C14H14O2.C7H9N.2C2H2/c15-10-12-6-7-14(16)13(9-12)8-11-4-2-1-3-5-11;8-6-7-4-2-1-3-5-7;2*1-2/h1-7,9,15-16H,8,10H2;1-5H,6,8H2;2*1-2H. The van der Waals surface area contributed by atoms with Gasteiger partial charge in [-0.2, -0.15) is 0 Å². The highest BCUT2D eigenvalue weighted by Crippen LogP contribution is 2.21. The summed E-state index contributed by atoms with van der Waals surface area (Å²) in [6.45, 7) is 0.642. The number of aliphatic hydroxyl groups excluding tert-OH is 1. The fraction of sp³-hybridized carbons (Fsp3) is 0.120. The first-order valence-electron chi connectivity index (χ1n) is 8.59. The molecule has 3 aromatic carbocycles. The summed E-state index contributed by atoms with van der Waals surface area (Å²) >= 11 is 0. The molecule has 0 saturated carbocycles. The number of phenols is 1. The van der Waals surface area contributed by atoms with Gasteiger partial charge < -0.3 is 15.9 Å². The van der Waals surface area contributed by atoms with Crippen LogP contribution >= 0.6 is 0 Å². The minimum absolute atomic E-state index is 0.00205. The molecule has 0 saturated heterocycles. The van der Waals surface area contributed by atoms with Crippen LogP contribution in [0.5, 0.6) is 5.75 Å². The molecule has 4 N–H and O–H groups in total. The van der Waals surface area contributed by atoms with Crippen LogP contribution in [0.1, 0.15) is 22.3 Å². The van der Waals surface area contributed by atoms with E-state index in [1.165, 1.54) is 5.56 Å². The Morgan fingerprint density at radius 1 is 0.679 bits per heavy atom. The topological polar surface area (TPSA) is 66.5 Å². The number of rotatable bonds is 4. The molecule has 0 aliphatic heterocycles. The summed E-state index contributed by atoms with van der Waals surface area (Å²) in [5.41, 5.74) is 9.35. The number of benzene rings is 3. The number of terminal acetylenes is 2. The first-order chi connectivity index (χ1) is 13.7. The highest BCUT2D eigenvalue weighted by atomic mass is 16.3. The molecule has 0 fully saturated rings. The third-order valence-electron chi connectivity index (χ3n) is 3.64. The fourth-order valence-electron chi connectivity index (χ4n) is 2.31. The van der Waals surface area contributed by atoms with Crippen LogP contribution in [0.3, 0.4) is 0 Å². The van der Waals surface area contributed by atoms with E-state index in [0.29, 0.717) is 13.0 Å². The smallest absolute Gasteiger partial charge is 0.119 e. The van der Waals surface area contributed by atoms with Crippen molar-refractivity contribution in [3.05, 3.63) is 101 Å². The van der Waals surface area contributed by atoms with Crippen molar-refractivity contribution in [2.75, 3.05) is 0 Å². The van der Waals surface area contributed by atoms with Gasteiger partial charge in [-0.05, 0) is 34.4 Å². The molecule has 0 aliphatic rings. The van der Waals surface area contributed by atoms with Gasteiger partial charge in [0.15, 0.2) is 0 Å². The van der Waals surface area contributed by atoms with Gasteiger partial charge in [0.2, 0.25) is 0 Å². The maximum Gasteiger partial charge on any atom is 0.119 e. The highest BCUT2D eigenvalue weighted by molar-refractivity contribution is 5.39. The predicted molar refractivity (Wildman–Crippen MR) is 117 cm³/mol. The Balaban J connectivity index is 0.000000511. The third-order valence-corrected chi connectivity index (χ3v) is 3.64. The van der Waals surface area contributed by atoms with E-state index in [4.69, 9.17) is 10.8 Å². The summed E-state index contributed by atoms with van der Waals surface area (Å²) in [4.78, 5) is 0. The van der Waals surface area contributed by atoms with E-state index in [9.17, 15) is 5.11 Å². The van der Waals surface area contributed by atoms with Gasteiger partial charge in [0, 0.05) is 13.0 Å². The zero-order valence-electron chi connectivity index (χ0n) is 15.9. The molecule has 3 heteroatoms. The average Bonchev–Trinajstić information content (AvgIpc) is 2.80. The molecule has 3 rings (SSSR count). The summed E-state index contributed by atoms with van der Waals surface area (Å²) in [5, 5.41) is 18.7. The largest absolute Gasteiger partial charge is 0.508 e. The Bertz CT molecular complexity index is 803. The van der Waals surface area contributed by atoms with Crippen LogP contribution in [-0.4, -0.2) is 10.2 Å². The van der Waals surface area contributed by atoms with Gasteiger partial charge in [-0.1, -0.05) is 66.7 Å². The zero-order chi connectivity index (χ0) is 21.2. The Labute approximate surface area is 168 Å². The third kappa shape index (κ3) is 9.27. The predicted octanol–water partition coefficient (Wildman–Crippen LogP) is 4.12. The van der Waals surface area contributed by atoms with Crippen molar-refractivity contribution in [2.24, 2.45) is 5.73 Å². The minimum Gasteiger partial charge on any atom is -0.508 e. The van der Waals surface area contributed by atoms with E-state index in [2.05, 4.69) is 25.7 Å². The normalized spacial score (nSPS) is 8.64. The number of aliphatic hydroxyl groups is 1. The van der Waals surface area contributed by atoms with E-state index in [1.807, 2.05) is 66.7 Å². The number of nitrogens with two attached hydrogens (primary N) is 1. The van der Waals surface area contributed by atoms with E-state index in [1.54, 1.807) is 12.1 Å². The summed E-state index contributed by atoms with van der Waals surface area (Å²) in [6.07, 6.45) is 16.7. The molecule has 0 unspecified atom stereocenters. The Hall–Kier alpha value is -3.50. The van der Waals surface area contributed by atoms with Crippen molar-refractivity contribution in [1.29, 1.82) is 0 Å². The monoisotopic (exact) mass is 373 g/mol. The van der Waals surface area contributed by atoms with E-state index in [-0.39, 0.29) is 12.4 Å². The average molecular weight is 373 g/mol. The van der Waals surface area contributed by atoms with E-state index in [0.717, 1.165) is 16.7 Å². The van der Waals surface area contributed by atoms with Crippen molar-refractivity contribution in [3.63, 3.8) is 0 Å². The molecule has 0 aromatic heterocycles. The van der Waals surface area contributed by atoms with Gasteiger partial charge in [0.1, 0.15) is 5.75 Å². The summed E-state index contributed by atoms with van der Waals surface area (Å²) < 4.78 is 0. The molecule has 0 aliphatic carbocycles. The Morgan fingerprint density at radius 3 is 1.61 bits per heavy atom. The molecule has 3 aromatic rings. The van der Waals surface area contributed by atoms with Crippen LogP contribution in [0.15, 0.2) is 78.9 Å². The fourth-order valence-corrected chi connectivity index (χ4v) is 2.31. The molecule has 0 atom stereocenters. The minimum atomic E-state index is 0.00205. The van der Waals surface area contributed by atoms with Crippen molar-refractivity contribution < 1.29 is 10.2 Å². The SMILES string of the molecule is C#C.C#C.NCc1ccccc1.OCc1ccc(O)c(Cc2ccccc2)c1. The van der Waals surface area contributed by atoms with Crippen molar-refractivity contribution in [2.45, 2.75) is 19.6 Å². The molecule has 0 radical (unpaired) electrons. The van der Waals surface area contributed by atoms with Crippen LogP contribution in [0.2, 0.25) is 0 Å². The van der Waals surface area contributed by atoms with Gasteiger partial charge in [0.25, 0.3) is 0 Å². The zero-order valence-corrected chi connectivity index (χ0v) is 15.9. The number of hydrogen-bond donors (Lipinski definition) is 3. The van der Waals surface area contributed by atoms with Crippen molar-refractivity contribution in [1.82, 2.24) is 0 Å². The number of aromatic hydroxyl groups is 1. The maximum atomic E-state index is 9.71. The van der Waals surface area contributed by atoms with Crippen LogP contribution in [0.25, 0.3) is 0 Å². The van der Waals surface area contributed by atoms with E-state index < -0.39 is 0 Å². The number of hydrogen-bond acceptors (Lipinski definition) is 3. The lowest BCUT2D eigenvalue weighted by Gasteiger charge is -2.06. The van der Waals surface area contributed by atoms with Gasteiger partial charge in [0.05, 0.1) is 6.61 Å². The molecule has 0 heterocycles. The summed E-state index contributed by atoms with van der Waals surface area (Å²) in [5.74, 6) is 0.279. The first-order valence-corrected chi connectivity index (χ1v) is 8.59. The van der Waals surface area contributed by atoms with Crippen LogP contribution < -0.4 is 5.73 Å². The van der Waals surface area contributed by atoms with E-state index >= 15 is 0 Å². The quantitative estimate of drug-likeness (QED) is 0.603. The van der Waals surface area contributed by atoms with Gasteiger partial charge >= 0.3 is 0 Å². The second kappa shape index (κ2) is 15.7. The Kier molecular flexibility index (Phi) is 13.8. The molecule has 144 valence electrons. The lowest BCUT2D eigenvalue weighted by Crippen LogP contribution is -1.94. The number of phenolic OH excluding ortho intramolecular Hbond substituents is 1. The first kappa shape index (κ1) is 24.5. The lowest BCUT2D eigenvalue weighted by molar-refractivity contribution is 0.281. The lowest BCUT2D eigenvalue weighted by atomic mass is 10.0. The highest BCUT2D eigenvalue weighted by Gasteiger charge is 2.03. The Morgan fingerprint density at radius 2 is 1.18 bits per heavy atom. The van der Waals surface area contributed by atoms with Crippen LogP contribution in [-0.2, 0) is 19.6 Å². The van der Waals surface area contributed by atoms with Crippen LogP contribution in [0, 0.1) is 25.7 Å².